The van der Waals surface area contributed by atoms with E-state index in [4.69, 9.17) is 33.2 Å². The molecule has 0 saturated carbocycles. The highest BCUT2D eigenvalue weighted by molar-refractivity contribution is 6.35. The highest BCUT2D eigenvalue weighted by atomic mass is 35.5. The molecular formula is C11H12Cl2N2O. The van der Waals surface area contributed by atoms with Crippen molar-refractivity contribution in [2.75, 3.05) is 21.2 Å². The molecular weight excluding hydrogens is 247 g/mol. The van der Waals surface area contributed by atoms with Crippen LogP contribution >= 0.6 is 23.2 Å². The van der Waals surface area contributed by atoms with Crippen LogP contribution in [0.2, 0.25) is 10.0 Å². The van der Waals surface area contributed by atoms with Crippen molar-refractivity contribution in [2.24, 2.45) is 0 Å². The fourth-order valence-corrected chi connectivity index (χ4v) is 2.05. The van der Waals surface area contributed by atoms with Crippen molar-refractivity contribution in [3.8, 4) is 11.8 Å². The summed E-state index contributed by atoms with van der Waals surface area (Å²) >= 11 is 11.9. The minimum atomic E-state index is -0.439. The second-order valence-corrected chi connectivity index (χ2v) is 4.35. The van der Waals surface area contributed by atoms with Crippen molar-refractivity contribution in [3.05, 3.63) is 27.7 Å². The highest BCUT2D eigenvalue weighted by Crippen LogP contribution is 2.36. The number of nitrogens with zero attached hydrogens (tertiary/aromatic N) is 2. The Labute approximate surface area is 105 Å². The van der Waals surface area contributed by atoms with Gasteiger partial charge in [-0.1, -0.05) is 23.2 Å². The van der Waals surface area contributed by atoms with Crippen LogP contribution in [0.4, 0.5) is 0 Å². The molecule has 1 rings (SSSR count). The predicted octanol–water partition coefficient (Wildman–Crippen LogP) is 3.13. The Balaban J connectivity index is 3.36. The van der Waals surface area contributed by atoms with Crippen LogP contribution in [0.25, 0.3) is 0 Å². The van der Waals surface area contributed by atoms with E-state index >= 15 is 0 Å². The fourth-order valence-electron chi connectivity index (χ4n) is 1.46. The standard InChI is InChI=1S/C11H12Cl2N2O/c1-15(2)10(6-14)8-4-7(12)5-9(13)11(8)16-3/h4-5,10H,1-3H3. The summed E-state index contributed by atoms with van der Waals surface area (Å²) in [5.74, 6) is 0.492. The van der Waals surface area contributed by atoms with E-state index in [0.717, 1.165) is 0 Å². The van der Waals surface area contributed by atoms with Crippen molar-refractivity contribution < 1.29 is 4.74 Å². The van der Waals surface area contributed by atoms with Gasteiger partial charge >= 0.3 is 0 Å². The lowest BCUT2D eigenvalue weighted by molar-refractivity contribution is 0.340. The third kappa shape index (κ3) is 2.59. The van der Waals surface area contributed by atoms with Gasteiger partial charge in [0.25, 0.3) is 0 Å². The first-order chi connectivity index (χ1) is 7.51. The molecule has 0 radical (unpaired) electrons. The Morgan fingerprint density at radius 3 is 2.44 bits per heavy atom. The molecule has 5 heteroatoms. The summed E-state index contributed by atoms with van der Waals surface area (Å²) in [7, 11) is 5.13. The number of ether oxygens (including phenoxy) is 1. The van der Waals surface area contributed by atoms with Gasteiger partial charge in [-0.15, -0.1) is 0 Å². The Morgan fingerprint density at radius 1 is 1.38 bits per heavy atom. The molecule has 0 aliphatic rings. The molecule has 1 unspecified atom stereocenters. The molecule has 0 N–H and O–H groups in total. The maximum atomic E-state index is 9.12. The second kappa shape index (κ2) is 5.40. The molecule has 0 saturated heterocycles. The van der Waals surface area contributed by atoms with Gasteiger partial charge in [0.2, 0.25) is 0 Å². The summed E-state index contributed by atoms with van der Waals surface area (Å²) in [4.78, 5) is 1.77. The lowest BCUT2D eigenvalue weighted by Gasteiger charge is -2.20. The number of nitriles is 1. The van der Waals surface area contributed by atoms with Gasteiger partial charge in [-0.25, -0.2) is 0 Å². The molecule has 86 valence electrons. The molecule has 0 aliphatic heterocycles. The van der Waals surface area contributed by atoms with Gasteiger partial charge in [-0.05, 0) is 26.2 Å². The molecule has 1 aromatic carbocycles. The van der Waals surface area contributed by atoms with Crippen LogP contribution in [0.15, 0.2) is 12.1 Å². The second-order valence-electron chi connectivity index (χ2n) is 3.51. The van der Waals surface area contributed by atoms with Crippen molar-refractivity contribution in [3.63, 3.8) is 0 Å². The van der Waals surface area contributed by atoms with E-state index in [-0.39, 0.29) is 0 Å². The first kappa shape index (κ1) is 13.1. The van der Waals surface area contributed by atoms with Gasteiger partial charge in [0.15, 0.2) is 0 Å². The average molecular weight is 259 g/mol. The van der Waals surface area contributed by atoms with E-state index < -0.39 is 6.04 Å². The van der Waals surface area contributed by atoms with Crippen LogP contribution in [0.1, 0.15) is 11.6 Å². The minimum absolute atomic E-state index is 0.409. The van der Waals surface area contributed by atoms with Gasteiger partial charge in [-0.3, -0.25) is 4.90 Å². The van der Waals surface area contributed by atoms with Crippen molar-refractivity contribution >= 4 is 23.2 Å². The Bertz CT molecular complexity index is 427. The minimum Gasteiger partial charge on any atom is -0.495 e. The van der Waals surface area contributed by atoms with Crippen LogP contribution in [0, 0.1) is 11.3 Å². The summed E-state index contributed by atoms with van der Waals surface area (Å²) in [6.07, 6.45) is 0. The molecule has 0 spiro atoms. The van der Waals surface area contributed by atoms with Crippen molar-refractivity contribution in [1.82, 2.24) is 4.90 Å². The largest absolute Gasteiger partial charge is 0.495 e. The lowest BCUT2D eigenvalue weighted by Crippen LogP contribution is -2.19. The summed E-state index contributed by atoms with van der Waals surface area (Å²) < 4.78 is 5.20. The smallest absolute Gasteiger partial charge is 0.143 e. The molecule has 0 aliphatic carbocycles. The highest BCUT2D eigenvalue weighted by Gasteiger charge is 2.20. The SMILES string of the molecule is COc1c(Cl)cc(Cl)cc1C(C#N)N(C)C. The van der Waals surface area contributed by atoms with Crippen LogP contribution in [0.3, 0.4) is 0 Å². The monoisotopic (exact) mass is 258 g/mol. The number of rotatable bonds is 3. The van der Waals surface area contributed by atoms with Crippen molar-refractivity contribution in [1.29, 1.82) is 5.26 Å². The summed E-state index contributed by atoms with van der Waals surface area (Å²) in [5.41, 5.74) is 0.674. The van der Waals surface area contributed by atoms with Gasteiger partial charge in [-0.2, -0.15) is 5.26 Å². The third-order valence-corrected chi connectivity index (χ3v) is 2.67. The van der Waals surface area contributed by atoms with Gasteiger partial charge in [0.1, 0.15) is 11.8 Å². The van der Waals surface area contributed by atoms with Gasteiger partial charge in [0.05, 0.1) is 18.2 Å². The van der Waals surface area contributed by atoms with E-state index in [9.17, 15) is 0 Å². The first-order valence-electron chi connectivity index (χ1n) is 4.60. The zero-order chi connectivity index (χ0) is 12.3. The normalized spacial score (nSPS) is 12.3. The van der Waals surface area contributed by atoms with E-state index in [1.807, 2.05) is 14.1 Å². The molecule has 0 bridgehead atoms. The summed E-state index contributed by atoms with van der Waals surface area (Å²) in [6.45, 7) is 0. The number of benzene rings is 1. The Hall–Kier alpha value is -0.950. The van der Waals surface area contributed by atoms with Crippen LogP contribution in [-0.2, 0) is 0 Å². The zero-order valence-corrected chi connectivity index (χ0v) is 10.8. The number of halogens is 2. The molecule has 0 aromatic heterocycles. The Kier molecular flexibility index (Phi) is 4.43. The lowest BCUT2D eigenvalue weighted by atomic mass is 10.1. The number of methoxy groups -OCH3 is 1. The first-order valence-corrected chi connectivity index (χ1v) is 5.35. The number of hydrogen-bond donors (Lipinski definition) is 0. The van der Waals surface area contributed by atoms with E-state index in [0.29, 0.717) is 21.4 Å². The third-order valence-electron chi connectivity index (χ3n) is 2.17. The molecule has 0 heterocycles. The zero-order valence-electron chi connectivity index (χ0n) is 9.29. The summed E-state index contributed by atoms with van der Waals surface area (Å²) in [5, 5.41) is 10.0. The maximum absolute atomic E-state index is 9.12. The van der Waals surface area contributed by atoms with Gasteiger partial charge < -0.3 is 4.74 Å². The molecule has 16 heavy (non-hydrogen) atoms. The summed E-state index contributed by atoms with van der Waals surface area (Å²) in [6, 6.07) is 5.02. The van der Waals surface area contributed by atoms with Gasteiger partial charge in [0, 0.05) is 10.6 Å². The maximum Gasteiger partial charge on any atom is 0.143 e. The van der Waals surface area contributed by atoms with Crippen LogP contribution in [-0.4, -0.2) is 26.1 Å². The molecule has 3 nitrogen and oxygen atoms in total. The fraction of sp³-hybridized carbons (Fsp3) is 0.364. The molecule has 1 atom stereocenters. The van der Waals surface area contributed by atoms with E-state index in [2.05, 4.69) is 6.07 Å². The Morgan fingerprint density at radius 2 is 2.00 bits per heavy atom. The molecule has 0 amide bonds. The molecule has 1 aromatic rings. The topological polar surface area (TPSA) is 36.3 Å². The predicted molar refractivity (Wildman–Crippen MR) is 65.1 cm³/mol. The van der Waals surface area contributed by atoms with Crippen LogP contribution < -0.4 is 4.74 Å². The molecule has 0 fully saturated rings. The average Bonchev–Trinajstić information content (AvgIpc) is 2.17. The van der Waals surface area contributed by atoms with Crippen LogP contribution in [0.5, 0.6) is 5.75 Å². The van der Waals surface area contributed by atoms with E-state index in [1.54, 1.807) is 17.0 Å². The van der Waals surface area contributed by atoms with Crippen molar-refractivity contribution in [2.45, 2.75) is 6.04 Å². The van der Waals surface area contributed by atoms with E-state index in [1.165, 1.54) is 7.11 Å². The number of hydrogen-bond acceptors (Lipinski definition) is 3. The quantitative estimate of drug-likeness (QED) is 0.836.